The number of nitrogens with zero attached hydrogens (tertiary/aromatic N) is 3. The number of H-pyrrole nitrogens is 2. The Morgan fingerprint density at radius 1 is 1.17 bits per heavy atom. The van der Waals surface area contributed by atoms with Crippen LogP contribution in [0.2, 0.25) is 0 Å². The fourth-order valence-corrected chi connectivity index (χ4v) is 3.75. The minimum atomic E-state index is -0.158. The van der Waals surface area contributed by atoms with E-state index in [1.54, 1.807) is 6.07 Å². The second kappa shape index (κ2) is 7.77. The zero-order chi connectivity index (χ0) is 20.5. The molecular weight excluding hydrogens is 382 g/mol. The van der Waals surface area contributed by atoms with Crippen molar-refractivity contribution in [3.8, 4) is 11.5 Å². The molecule has 1 saturated heterocycles. The van der Waals surface area contributed by atoms with E-state index in [1.165, 1.54) is 0 Å². The van der Waals surface area contributed by atoms with Crippen LogP contribution in [0.15, 0.2) is 36.4 Å². The summed E-state index contributed by atoms with van der Waals surface area (Å²) in [6.45, 7) is 4.08. The molecule has 0 spiro atoms. The predicted octanol–water partition coefficient (Wildman–Crippen LogP) is 1.63. The lowest BCUT2D eigenvalue weighted by molar-refractivity contribution is 0.0955. The molecule has 1 fully saturated rings. The number of ether oxygens (including phenoxy) is 1. The Labute approximate surface area is 172 Å². The molecule has 0 saturated carbocycles. The normalized spacial score (nSPS) is 14.5. The molecule has 0 radical (unpaired) electrons. The number of rotatable bonds is 5. The zero-order valence-electron chi connectivity index (χ0n) is 16.4. The second-order valence-electron chi connectivity index (χ2n) is 7.26. The highest BCUT2D eigenvalue weighted by Gasteiger charge is 2.16. The highest BCUT2D eigenvalue weighted by atomic mass is 16.5. The van der Waals surface area contributed by atoms with Crippen LogP contribution >= 0.6 is 0 Å². The molecular formula is C21H23N7O2. The quantitative estimate of drug-likeness (QED) is 0.400. The number of morpholine rings is 1. The standard InChI is InChI=1S/C21H23N7O2/c22-5-6-23-21(29)13-1-3-16-15(11-13)19(27-26-16)20-24-17-4-2-14(12-18(17)25-20)28-7-9-30-10-8-28/h1-4,11-12H,5-10,22H2,(H,23,29)(H,24,25)(H,26,27). The molecule has 9 nitrogen and oxygen atoms in total. The summed E-state index contributed by atoms with van der Waals surface area (Å²) in [5.74, 6) is 0.504. The molecule has 1 aliphatic rings. The number of carbonyl (C=O) groups is 1. The summed E-state index contributed by atoms with van der Waals surface area (Å²) in [5.41, 5.74) is 10.5. The third-order valence-electron chi connectivity index (χ3n) is 5.32. The number of fused-ring (bicyclic) bond motifs is 2. The molecule has 3 heterocycles. The van der Waals surface area contributed by atoms with E-state index in [9.17, 15) is 4.79 Å². The number of nitrogens with one attached hydrogen (secondary N) is 3. The van der Waals surface area contributed by atoms with Crippen LogP contribution in [0.5, 0.6) is 0 Å². The van der Waals surface area contributed by atoms with Crippen molar-refractivity contribution in [2.75, 3.05) is 44.3 Å². The van der Waals surface area contributed by atoms with Gasteiger partial charge in [-0.3, -0.25) is 9.89 Å². The van der Waals surface area contributed by atoms with Gasteiger partial charge in [0, 0.05) is 42.8 Å². The van der Waals surface area contributed by atoms with E-state index in [0.717, 1.165) is 53.9 Å². The van der Waals surface area contributed by atoms with Crippen LogP contribution in [0.25, 0.3) is 33.5 Å². The molecule has 1 aliphatic heterocycles. The summed E-state index contributed by atoms with van der Waals surface area (Å²) < 4.78 is 5.44. The molecule has 0 atom stereocenters. The summed E-state index contributed by atoms with van der Waals surface area (Å²) in [7, 11) is 0. The van der Waals surface area contributed by atoms with Crippen molar-refractivity contribution in [1.29, 1.82) is 0 Å². The van der Waals surface area contributed by atoms with Crippen molar-refractivity contribution in [3.05, 3.63) is 42.0 Å². The van der Waals surface area contributed by atoms with Crippen LogP contribution in [0, 0.1) is 0 Å². The van der Waals surface area contributed by atoms with Gasteiger partial charge in [-0.15, -0.1) is 0 Å². The van der Waals surface area contributed by atoms with E-state index in [2.05, 4.69) is 37.5 Å². The van der Waals surface area contributed by atoms with Gasteiger partial charge in [-0.1, -0.05) is 0 Å². The topological polar surface area (TPSA) is 125 Å². The van der Waals surface area contributed by atoms with Crippen LogP contribution < -0.4 is 16.0 Å². The third kappa shape index (κ3) is 3.38. The molecule has 30 heavy (non-hydrogen) atoms. The van der Waals surface area contributed by atoms with Gasteiger partial charge in [0.2, 0.25) is 0 Å². The van der Waals surface area contributed by atoms with E-state index in [-0.39, 0.29) is 5.91 Å². The molecule has 0 unspecified atom stereocenters. The van der Waals surface area contributed by atoms with Crippen LogP contribution in [0.1, 0.15) is 10.4 Å². The Hall–Kier alpha value is -3.43. The van der Waals surface area contributed by atoms with Crippen LogP contribution in [-0.2, 0) is 4.74 Å². The Morgan fingerprint density at radius 3 is 2.87 bits per heavy atom. The van der Waals surface area contributed by atoms with Crippen LogP contribution in [0.4, 0.5) is 5.69 Å². The average Bonchev–Trinajstić information content (AvgIpc) is 3.40. The number of nitrogens with two attached hydrogens (primary N) is 1. The minimum absolute atomic E-state index is 0.158. The van der Waals surface area contributed by atoms with Crippen molar-refractivity contribution >= 4 is 33.5 Å². The second-order valence-corrected chi connectivity index (χ2v) is 7.26. The SMILES string of the molecule is NCCNC(=O)c1ccc2[nH]nc(-c3nc4ccc(N5CCOCC5)cc4[nH]3)c2c1. The van der Waals surface area contributed by atoms with Crippen molar-refractivity contribution < 1.29 is 9.53 Å². The number of anilines is 1. The van der Waals surface area contributed by atoms with Gasteiger partial charge in [0.05, 0.1) is 29.8 Å². The maximum Gasteiger partial charge on any atom is 0.251 e. The Kier molecular flexibility index (Phi) is 4.82. The molecule has 2 aromatic heterocycles. The van der Waals surface area contributed by atoms with Gasteiger partial charge < -0.3 is 25.7 Å². The lowest BCUT2D eigenvalue weighted by Gasteiger charge is -2.28. The van der Waals surface area contributed by atoms with Crippen molar-refractivity contribution in [3.63, 3.8) is 0 Å². The summed E-state index contributed by atoms with van der Waals surface area (Å²) in [6, 6.07) is 11.7. The Morgan fingerprint density at radius 2 is 2.03 bits per heavy atom. The monoisotopic (exact) mass is 405 g/mol. The first-order valence-electron chi connectivity index (χ1n) is 10.0. The maximum absolute atomic E-state index is 12.3. The highest BCUT2D eigenvalue weighted by Crippen LogP contribution is 2.29. The van der Waals surface area contributed by atoms with Crippen molar-refractivity contribution in [2.24, 2.45) is 5.73 Å². The predicted molar refractivity (Wildman–Crippen MR) is 116 cm³/mol. The van der Waals surface area contributed by atoms with Gasteiger partial charge in [-0.25, -0.2) is 4.98 Å². The number of aromatic nitrogens is 4. The fourth-order valence-electron chi connectivity index (χ4n) is 3.75. The zero-order valence-corrected chi connectivity index (χ0v) is 16.4. The first-order valence-corrected chi connectivity index (χ1v) is 10.0. The summed E-state index contributed by atoms with van der Waals surface area (Å²) in [5, 5.41) is 11.1. The molecule has 5 N–H and O–H groups in total. The number of aromatic amines is 2. The average molecular weight is 405 g/mol. The fraction of sp³-hybridized carbons (Fsp3) is 0.286. The molecule has 5 rings (SSSR count). The number of hydrogen-bond acceptors (Lipinski definition) is 6. The molecule has 0 aliphatic carbocycles. The van der Waals surface area contributed by atoms with E-state index < -0.39 is 0 Å². The molecule has 0 bridgehead atoms. The van der Waals surface area contributed by atoms with Crippen molar-refractivity contribution in [1.82, 2.24) is 25.5 Å². The number of carbonyl (C=O) groups excluding carboxylic acids is 1. The van der Waals surface area contributed by atoms with E-state index in [1.807, 2.05) is 18.2 Å². The summed E-state index contributed by atoms with van der Waals surface area (Å²) in [6.07, 6.45) is 0. The first kappa shape index (κ1) is 18.6. The Balaban J connectivity index is 1.50. The van der Waals surface area contributed by atoms with E-state index in [4.69, 9.17) is 15.5 Å². The molecule has 9 heteroatoms. The third-order valence-corrected chi connectivity index (χ3v) is 5.32. The number of imidazole rings is 1. The summed E-state index contributed by atoms with van der Waals surface area (Å²) >= 11 is 0. The largest absolute Gasteiger partial charge is 0.378 e. The molecule has 1 amide bonds. The van der Waals surface area contributed by atoms with Gasteiger partial charge in [0.1, 0.15) is 5.69 Å². The minimum Gasteiger partial charge on any atom is -0.378 e. The van der Waals surface area contributed by atoms with Crippen molar-refractivity contribution in [2.45, 2.75) is 0 Å². The smallest absolute Gasteiger partial charge is 0.251 e. The van der Waals surface area contributed by atoms with E-state index in [0.29, 0.717) is 30.2 Å². The Bertz CT molecular complexity index is 1210. The maximum atomic E-state index is 12.3. The van der Waals surface area contributed by atoms with Gasteiger partial charge >= 0.3 is 0 Å². The number of benzene rings is 2. The molecule has 4 aromatic rings. The van der Waals surface area contributed by atoms with Gasteiger partial charge in [0.25, 0.3) is 5.91 Å². The van der Waals surface area contributed by atoms with E-state index >= 15 is 0 Å². The molecule has 2 aromatic carbocycles. The summed E-state index contributed by atoms with van der Waals surface area (Å²) in [4.78, 5) is 22.7. The lowest BCUT2D eigenvalue weighted by atomic mass is 10.1. The van der Waals surface area contributed by atoms with Gasteiger partial charge in [-0.2, -0.15) is 5.10 Å². The highest BCUT2D eigenvalue weighted by molar-refractivity contribution is 6.01. The van der Waals surface area contributed by atoms with Crippen LogP contribution in [0.3, 0.4) is 0 Å². The van der Waals surface area contributed by atoms with Gasteiger partial charge in [-0.05, 0) is 36.4 Å². The van der Waals surface area contributed by atoms with Crippen LogP contribution in [-0.4, -0.2) is 65.5 Å². The first-order chi connectivity index (χ1) is 14.7. The number of amides is 1. The van der Waals surface area contributed by atoms with Gasteiger partial charge in [0.15, 0.2) is 5.82 Å². The molecule has 154 valence electrons. The number of hydrogen-bond donors (Lipinski definition) is 4. The lowest BCUT2D eigenvalue weighted by Crippen LogP contribution is -2.36.